The van der Waals surface area contributed by atoms with Gasteiger partial charge in [0.1, 0.15) is 0 Å². The van der Waals surface area contributed by atoms with E-state index in [0.29, 0.717) is 11.4 Å². The molecular weight excluding hydrogens is 218 g/mol. The standard InChI is InChI=1S/C12H11N3O2/c1-8-7-10(9-3-5-13-6-4-9)15-11(14-8)12(16)17-2/h3-7H,1-2H3. The first-order valence-corrected chi connectivity index (χ1v) is 5.05. The predicted octanol–water partition coefficient (Wildman–Crippen LogP) is 1.63. The normalized spacial score (nSPS) is 10.0. The van der Waals surface area contributed by atoms with E-state index in [0.717, 1.165) is 5.56 Å². The summed E-state index contributed by atoms with van der Waals surface area (Å²) < 4.78 is 4.61. The predicted molar refractivity (Wildman–Crippen MR) is 61.3 cm³/mol. The fourth-order valence-electron chi connectivity index (χ4n) is 1.42. The van der Waals surface area contributed by atoms with Crippen LogP contribution in [0.15, 0.2) is 30.6 Å². The van der Waals surface area contributed by atoms with Gasteiger partial charge in [-0.25, -0.2) is 14.8 Å². The van der Waals surface area contributed by atoms with Crippen LogP contribution in [0.5, 0.6) is 0 Å². The van der Waals surface area contributed by atoms with Gasteiger partial charge in [0.05, 0.1) is 12.8 Å². The molecule has 0 amide bonds. The van der Waals surface area contributed by atoms with E-state index in [1.54, 1.807) is 19.3 Å². The van der Waals surface area contributed by atoms with E-state index in [-0.39, 0.29) is 5.82 Å². The summed E-state index contributed by atoms with van der Waals surface area (Å²) in [4.78, 5) is 23.5. The molecule has 17 heavy (non-hydrogen) atoms. The van der Waals surface area contributed by atoms with Gasteiger partial charge in [-0.15, -0.1) is 0 Å². The second-order valence-electron chi connectivity index (χ2n) is 3.45. The van der Waals surface area contributed by atoms with Crippen molar-refractivity contribution < 1.29 is 9.53 Å². The van der Waals surface area contributed by atoms with E-state index in [2.05, 4.69) is 19.7 Å². The number of carbonyl (C=O) groups is 1. The minimum Gasteiger partial charge on any atom is -0.463 e. The van der Waals surface area contributed by atoms with E-state index >= 15 is 0 Å². The quantitative estimate of drug-likeness (QED) is 0.732. The van der Waals surface area contributed by atoms with Crippen LogP contribution in [-0.2, 0) is 4.74 Å². The van der Waals surface area contributed by atoms with Gasteiger partial charge in [-0.2, -0.15) is 0 Å². The summed E-state index contributed by atoms with van der Waals surface area (Å²) in [6.45, 7) is 1.80. The number of carbonyl (C=O) groups excluding carboxylic acids is 1. The Labute approximate surface area is 98.5 Å². The smallest absolute Gasteiger partial charge is 0.376 e. The van der Waals surface area contributed by atoms with Crippen molar-refractivity contribution in [3.05, 3.63) is 42.1 Å². The molecule has 0 aliphatic carbocycles. The number of hydrogen-bond acceptors (Lipinski definition) is 5. The lowest BCUT2D eigenvalue weighted by atomic mass is 10.2. The number of nitrogens with zero attached hydrogens (tertiary/aromatic N) is 3. The summed E-state index contributed by atoms with van der Waals surface area (Å²) in [5.74, 6) is -0.469. The molecule has 0 unspecified atom stereocenters. The molecule has 2 heterocycles. The summed E-state index contributed by atoms with van der Waals surface area (Å²) in [6, 6.07) is 5.45. The topological polar surface area (TPSA) is 65.0 Å². The Morgan fingerprint density at radius 2 is 1.94 bits per heavy atom. The van der Waals surface area contributed by atoms with Gasteiger partial charge < -0.3 is 4.74 Å². The van der Waals surface area contributed by atoms with Crippen molar-refractivity contribution in [2.75, 3.05) is 7.11 Å². The van der Waals surface area contributed by atoms with E-state index < -0.39 is 5.97 Å². The first-order valence-electron chi connectivity index (χ1n) is 5.05. The fraction of sp³-hybridized carbons (Fsp3) is 0.167. The molecule has 86 valence electrons. The Kier molecular flexibility index (Phi) is 3.09. The summed E-state index contributed by atoms with van der Waals surface area (Å²) in [7, 11) is 1.31. The summed E-state index contributed by atoms with van der Waals surface area (Å²) in [5, 5.41) is 0. The van der Waals surface area contributed by atoms with Gasteiger partial charge in [0, 0.05) is 23.7 Å². The Balaban J connectivity index is 2.49. The van der Waals surface area contributed by atoms with Crippen molar-refractivity contribution in [3.63, 3.8) is 0 Å². The van der Waals surface area contributed by atoms with E-state index in [1.807, 2.05) is 18.2 Å². The van der Waals surface area contributed by atoms with Crippen LogP contribution in [0.2, 0.25) is 0 Å². The monoisotopic (exact) mass is 229 g/mol. The van der Waals surface area contributed by atoms with Crippen LogP contribution >= 0.6 is 0 Å². The molecule has 2 aromatic rings. The highest BCUT2D eigenvalue weighted by atomic mass is 16.5. The second kappa shape index (κ2) is 4.69. The molecule has 0 atom stereocenters. The molecule has 5 heteroatoms. The summed E-state index contributed by atoms with van der Waals surface area (Å²) >= 11 is 0. The van der Waals surface area contributed by atoms with Crippen LogP contribution in [0.1, 0.15) is 16.3 Å². The van der Waals surface area contributed by atoms with Crippen LogP contribution in [0.3, 0.4) is 0 Å². The number of rotatable bonds is 2. The Hall–Kier alpha value is -2.30. The van der Waals surface area contributed by atoms with E-state index in [4.69, 9.17) is 0 Å². The molecule has 0 aliphatic heterocycles. The van der Waals surface area contributed by atoms with Gasteiger partial charge in [-0.05, 0) is 25.1 Å². The summed E-state index contributed by atoms with van der Waals surface area (Å²) in [6.07, 6.45) is 3.34. The van der Waals surface area contributed by atoms with Gasteiger partial charge >= 0.3 is 5.97 Å². The van der Waals surface area contributed by atoms with Crippen LogP contribution in [0.25, 0.3) is 11.3 Å². The van der Waals surface area contributed by atoms with Crippen molar-refractivity contribution >= 4 is 5.97 Å². The number of hydrogen-bond donors (Lipinski definition) is 0. The number of methoxy groups -OCH3 is 1. The highest BCUT2D eigenvalue weighted by Gasteiger charge is 2.12. The third-order valence-corrected chi connectivity index (χ3v) is 2.20. The molecular formula is C12H11N3O2. The average Bonchev–Trinajstić information content (AvgIpc) is 2.38. The van der Waals surface area contributed by atoms with Gasteiger partial charge in [-0.1, -0.05) is 0 Å². The van der Waals surface area contributed by atoms with Crippen molar-refractivity contribution in [1.29, 1.82) is 0 Å². The maximum Gasteiger partial charge on any atom is 0.376 e. The van der Waals surface area contributed by atoms with Crippen molar-refractivity contribution in [3.8, 4) is 11.3 Å². The Bertz CT molecular complexity index is 541. The van der Waals surface area contributed by atoms with Crippen molar-refractivity contribution in [2.24, 2.45) is 0 Å². The molecule has 0 spiro atoms. The van der Waals surface area contributed by atoms with Crippen LogP contribution in [0.4, 0.5) is 0 Å². The minimum absolute atomic E-state index is 0.0688. The Morgan fingerprint density at radius 1 is 1.24 bits per heavy atom. The van der Waals surface area contributed by atoms with Gasteiger partial charge in [0.25, 0.3) is 0 Å². The molecule has 2 rings (SSSR count). The zero-order valence-electron chi connectivity index (χ0n) is 9.54. The van der Waals surface area contributed by atoms with Gasteiger partial charge in [0.2, 0.25) is 5.82 Å². The Morgan fingerprint density at radius 3 is 2.59 bits per heavy atom. The minimum atomic E-state index is -0.538. The zero-order valence-corrected chi connectivity index (χ0v) is 9.54. The first kappa shape index (κ1) is 11.2. The lowest BCUT2D eigenvalue weighted by Gasteiger charge is -2.04. The first-order chi connectivity index (χ1) is 8.20. The molecule has 0 saturated carbocycles. The van der Waals surface area contributed by atoms with E-state index in [9.17, 15) is 4.79 Å². The average molecular weight is 229 g/mol. The maximum absolute atomic E-state index is 11.4. The lowest BCUT2D eigenvalue weighted by Crippen LogP contribution is -2.09. The molecule has 5 nitrogen and oxygen atoms in total. The van der Waals surface area contributed by atoms with Crippen molar-refractivity contribution in [2.45, 2.75) is 6.92 Å². The highest BCUT2D eigenvalue weighted by Crippen LogP contribution is 2.16. The largest absolute Gasteiger partial charge is 0.463 e. The number of esters is 1. The maximum atomic E-state index is 11.4. The molecule has 0 fully saturated rings. The zero-order chi connectivity index (χ0) is 12.3. The fourth-order valence-corrected chi connectivity index (χ4v) is 1.42. The molecule has 0 radical (unpaired) electrons. The van der Waals surface area contributed by atoms with Crippen molar-refractivity contribution in [1.82, 2.24) is 15.0 Å². The van der Waals surface area contributed by atoms with Gasteiger partial charge in [0.15, 0.2) is 0 Å². The van der Waals surface area contributed by atoms with Crippen LogP contribution in [0, 0.1) is 6.92 Å². The molecule has 0 N–H and O–H groups in total. The molecule has 0 bridgehead atoms. The third kappa shape index (κ3) is 2.44. The summed E-state index contributed by atoms with van der Waals surface area (Å²) in [5.41, 5.74) is 2.28. The third-order valence-electron chi connectivity index (χ3n) is 2.20. The molecule has 0 aliphatic rings. The molecule has 0 aromatic carbocycles. The SMILES string of the molecule is COC(=O)c1nc(C)cc(-c2ccncc2)n1. The highest BCUT2D eigenvalue weighted by molar-refractivity contribution is 5.85. The van der Waals surface area contributed by atoms with Crippen LogP contribution < -0.4 is 0 Å². The molecule has 2 aromatic heterocycles. The number of ether oxygens (including phenoxy) is 1. The molecule has 0 saturated heterocycles. The van der Waals surface area contributed by atoms with Crippen LogP contribution in [-0.4, -0.2) is 28.0 Å². The second-order valence-corrected chi connectivity index (χ2v) is 3.45. The van der Waals surface area contributed by atoms with E-state index in [1.165, 1.54) is 7.11 Å². The number of aromatic nitrogens is 3. The number of aryl methyl sites for hydroxylation is 1. The number of pyridine rings is 1. The van der Waals surface area contributed by atoms with Gasteiger partial charge in [-0.3, -0.25) is 4.98 Å². The lowest BCUT2D eigenvalue weighted by molar-refractivity contribution is 0.0586.